The first-order valence-electron chi connectivity index (χ1n) is 13.8. The van der Waals surface area contributed by atoms with Crippen molar-refractivity contribution in [2.75, 3.05) is 39.8 Å². The molecular weight excluding hydrogens is 480 g/mol. The summed E-state index contributed by atoms with van der Waals surface area (Å²) < 4.78 is 0. The third-order valence-electron chi connectivity index (χ3n) is 8.30. The monoisotopic (exact) mass is 518 g/mol. The van der Waals surface area contributed by atoms with E-state index in [2.05, 4.69) is 64.5 Å². The Kier molecular flexibility index (Phi) is 7.06. The summed E-state index contributed by atoms with van der Waals surface area (Å²) in [7, 11) is 2.20. The number of nitrogens with one attached hydrogen (secondary N) is 2. The van der Waals surface area contributed by atoms with Crippen molar-refractivity contribution in [3.8, 4) is 10.4 Å². The van der Waals surface area contributed by atoms with E-state index in [0.717, 1.165) is 69.6 Å². The number of piperazine rings is 1. The maximum Gasteiger partial charge on any atom is 0.318 e. The summed E-state index contributed by atoms with van der Waals surface area (Å²) >= 11 is 1.88. The molecular formula is C29H38N6OS. The summed E-state index contributed by atoms with van der Waals surface area (Å²) in [6.45, 7) is 8.46. The van der Waals surface area contributed by atoms with E-state index in [1.807, 2.05) is 22.4 Å². The van der Waals surface area contributed by atoms with E-state index in [0.29, 0.717) is 6.04 Å². The molecule has 6 rings (SSSR count). The molecule has 2 aliphatic heterocycles. The van der Waals surface area contributed by atoms with E-state index in [9.17, 15) is 4.79 Å². The van der Waals surface area contributed by atoms with Crippen LogP contribution in [-0.2, 0) is 6.54 Å². The number of likely N-dealkylation sites (N-methyl/N-ethyl adjacent to an activating group) is 1. The number of aromatic nitrogens is 2. The number of rotatable bonds is 5. The number of aromatic amines is 1. The maximum absolute atomic E-state index is 12.9. The lowest BCUT2D eigenvalue weighted by atomic mass is 9.96. The lowest BCUT2D eigenvalue weighted by Crippen LogP contribution is -2.49. The Hall–Kier alpha value is -2.68. The van der Waals surface area contributed by atoms with Crippen LogP contribution in [0.1, 0.15) is 49.5 Å². The Morgan fingerprint density at radius 1 is 1.16 bits per heavy atom. The molecule has 8 heteroatoms. The van der Waals surface area contributed by atoms with Crippen molar-refractivity contribution < 1.29 is 4.79 Å². The fourth-order valence-corrected chi connectivity index (χ4v) is 7.03. The smallest absolute Gasteiger partial charge is 0.318 e. The molecule has 2 fully saturated rings. The summed E-state index contributed by atoms with van der Waals surface area (Å²) in [4.78, 5) is 30.6. The van der Waals surface area contributed by atoms with Gasteiger partial charge in [-0.3, -0.25) is 4.90 Å². The van der Waals surface area contributed by atoms with Crippen LogP contribution in [0, 0.1) is 0 Å². The molecule has 196 valence electrons. The van der Waals surface area contributed by atoms with Crippen molar-refractivity contribution >= 4 is 34.0 Å². The molecule has 0 radical (unpaired) electrons. The van der Waals surface area contributed by atoms with E-state index in [4.69, 9.17) is 4.98 Å². The predicted molar refractivity (Wildman–Crippen MR) is 152 cm³/mol. The lowest BCUT2D eigenvalue weighted by Gasteiger charge is -2.33. The summed E-state index contributed by atoms with van der Waals surface area (Å²) in [5.74, 6) is 0. The van der Waals surface area contributed by atoms with Gasteiger partial charge < -0.3 is 20.1 Å². The van der Waals surface area contributed by atoms with Crippen molar-refractivity contribution in [3.63, 3.8) is 0 Å². The second-order valence-electron chi connectivity index (χ2n) is 11.0. The first kappa shape index (κ1) is 24.6. The van der Waals surface area contributed by atoms with Crippen molar-refractivity contribution in [2.45, 2.75) is 57.7 Å². The minimum atomic E-state index is 0.0701. The SMILES string of the molecule is CC1C=C(c2c[nH]c3ncc(-c4ccc(CN5CCN(C)CC5)s4)cc23)CCN1C(=O)NC1CCCC1. The highest BCUT2D eigenvalue weighted by atomic mass is 32.1. The molecule has 3 aliphatic rings. The minimum absolute atomic E-state index is 0.0701. The average molecular weight is 519 g/mol. The molecule has 0 aromatic carbocycles. The number of carbonyl (C=O) groups is 1. The first-order valence-corrected chi connectivity index (χ1v) is 14.6. The van der Waals surface area contributed by atoms with Crippen molar-refractivity contribution in [1.82, 2.24) is 30.0 Å². The zero-order valence-electron chi connectivity index (χ0n) is 22.0. The van der Waals surface area contributed by atoms with Crippen LogP contribution in [0.15, 0.2) is 36.7 Å². The van der Waals surface area contributed by atoms with Crippen LogP contribution >= 0.6 is 11.3 Å². The van der Waals surface area contributed by atoms with Gasteiger partial charge in [0.05, 0.1) is 0 Å². The fraction of sp³-hybridized carbons (Fsp3) is 0.517. The zero-order chi connectivity index (χ0) is 25.4. The molecule has 5 heterocycles. The Bertz CT molecular complexity index is 1280. The highest BCUT2D eigenvalue weighted by Gasteiger charge is 2.27. The number of urea groups is 1. The molecule has 2 amide bonds. The Balaban J connectivity index is 1.18. The van der Waals surface area contributed by atoms with Crippen molar-refractivity contribution in [2.24, 2.45) is 0 Å². The molecule has 1 atom stereocenters. The maximum atomic E-state index is 12.9. The van der Waals surface area contributed by atoms with Crippen LogP contribution < -0.4 is 5.32 Å². The van der Waals surface area contributed by atoms with E-state index >= 15 is 0 Å². The number of hydrogen-bond acceptors (Lipinski definition) is 5. The third-order valence-corrected chi connectivity index (χ3v) is 9.42. The normalized spacial score (nSPS) is 22.1. The number of H-pyrrole nitrogens is 1. The van der Waals surface area contributed by atoms with E-state index in [1.165, 1.54) is 39.3 Å². The molecule has 3 aromatic rings. The van der Waals surface area contributed by atoms with Gasteiger partial charge in [0.2, 0.25) is 0 Å². The number of hydrogen-bond donors (Lipinski definition) is 2. The van der Waals surface area contributed by atoms with Gasteiger partial charge in [0.15, 0.2) is 0 Å². The number of thiophene rings is 1. The molecule has 0 spiro atoms. The summed E-state index contributed by atoms with van der Waals surface area (Å²) in [6, 6.07) is 7.31. The first-order chi connectivity index (χ1) is 18.0. The molecule has 1 aliphatic carbocycles. The molecule has 7 nitrogen and oxygen atoms in total. The molecule has 2 N–H and O–H groups in total. The number of amides is 2. The van der Waals surface area contributed by atoms with Gasteiger partial charge in [0.25, 0.3) is 0 Å². The van der Waals surface area contributed by atoms with Crippen LogP contribution in [0.4, 0.5) is 4.79 Å². The van der Waals surface area contributed by atoms with Crippen LogP contribution in [0.3, 0.4) is 0 Å². The largest absolute Gasteiger partial charge is 0.346 e. The summed E-state index contributed by atoms with van der Waals surface area (Å²) in [6.07, 6.45) is 11.9. The quantitative estimate of drug-likeness (QED) is 0.489. The Morgan fingerprint density at radius 2 is 1.97 bits per heavy atom. The minimum Gasteiger partial charge on any atom is -0.346 e. The van der Waals surface area contributed by atoms with Crippen molar-refractivity contribution in [3.05, 3.63) is 47.1 Å². The summed E-state index contributed by atoms with van der Waals surface area (Å²) in [5.41, 5.74) is 4.60. The molecule has 3 aromatic heterocycles. The fourth-order valence-electron chi connectivity index (χ4n) is 6.00. The molecule has 0 bridgehead atoms. The van der Waals surface area contributed by atoms with Crippen LogP contribution in [0.25, 0.3) is 27.0 Å². The van der Waals surface area contributed by atoms with Gasteiger partial charge in [-0.25, -0.2) is 9.78 Å². The van der Waals surface area contributed by atoms with Gasteiger partial charge in [0.1, 0.15) is 5.65 Å². The van der Waals surface area contributed by atoms with Crippen LogP contribution in [-0.4, -0.2) is 82.6 Å². The predicted octanol–water partition coefficient (Wildman–Crippen LogP) is 5.17. The Morgan fingerprint density at radius 3 is 2.76 bits per heavy atom. The topological polar surface area (TPSA) is 67.5 Å². The highest BCUT2D eigenvalue weighted by Crippen LogP contribution is 2.35. The number of fused-ring (bicyclic) bond motifs is 1. The van der Waals surface area contributed by atoms with Gasteiger partial charge in [-0.2, -0.15) is 0 Å². The van der Waals surface area contributed by atoms with Gasteiger partial charge in [-0.15, -0.1) is 11.3 Å². The second-order valence-corrected chi connectivity index (χ2v) is 12.1. The van der Waals surface area contributed by atoms with Gasteiger partial charge in [-0.05, 0) is 57.0 Å². The van der Waals surface area contributed by atoms with E-state index in [1.54, 1.807) is 0 Å². The highest BCUT2D eigenvalue weighted by molar-refractivity contribution is 7.15. The van der Waals surface area contributed by atoms with Crippen LogP contribution in [0.5, 0.6) is 0 Å². The molecule has 37 heavy (non-hydrogen) atoms. The van der Waals surface area contributed by atoms with Crippen molar-refractivity contribution in [1.29, 1.82) is 0 Å². The van der Waals surface area contributed by atoms with E-state index < -0.39 is 0 Å². The Labute approximate surface area is 223 Å². The molecule has 1 saturated carbocycles. The number of nitrogens with zero attached hydrogens (tertiary/aromatic N) is 4. The lowest BCUT2D eigenvalue weighted by molar-refractivity contribution is 0.149. The molecule has 1 saturated heterocycles. The van der Waals surface area contributed by atoms with Gasteiger partial charge in [0, 0.05) is 90.0 Å². The number of carbonyl (C=O) groups excluding carboxylic acids is 1. The van der Waals surface area contributed by atoms with Gasteiger partial charge >= 0.3 is 6.03 Å². The zero-order valence-corrected chi connectivity index (χ0v) is 22.8. The van der Waals surface area contributed by atoms with Gasteiger partial charge in [-0.1, -0.05) is 18.9 Å². The summed E-state index contributed by atoms with van der Waals surface area (Å²) in [5, 5.41) is 4.41. The standard InChI is InChI=1S/C29H38N6OS/c1-20-15-21(9-10-35(20)29(36)32-23-5-3-4-6-23)26-18-31-28-25(26)16-22(17-30-28)27-8-7-24(37-27)19-34-13-11-33(2)12-14-34/h7-8,15-18,20,23H,3-6,9-14,19H2,1-2H3,(H,30,31)(H,32,36). The molecule has 1 unspecified atom stereocenters. The number of pyridine rings is 1. The second kappa shape index (κ2) is 10.6. The van der Waals surface area contributed by atoms with Crippen LogP contribution in [0.2, 0.25) is 0 Å². The third kappa shape index (κ3) is 5.33. The average Bonchev–Trinajstić information content (AvgIpc) is 3.66. The van der Waals surface area contributed by atoms with E-state index in [-0.39, 0.29) is 12.1 Å².